The van der Waals surface area contributed by atoms with E-state index < -0.39 is 5.91 Å². The van der Waals surface area contributed by atoms with Gasteiger partial charge >= 0.3 is 6.01 Å². The van der Waals surface area contributed by atoms with Crippen molar-refractivity contribution in [3.05, 3.63) is 24.0 Å². The third kappa shape index (κ3) is 2.90. The zero-order valence-electron chi connectivity index (χ0n) is 7.10. The largest absolute Gasteiger partial charge is 0.467 e. The smallest absolute Gasteiger partial charge is 0.316 e. The Morgan fingerprint density at radius 1 is 1.54 bits per heavy atom. The molecule has 1 aromatic heterocycles. The van der Waals surface area contributed by atoms with Gasteiger partial charge in [0.15, 0.2) is 0 Å². The maximum absolute atomic E-state index is 10.4. The summed E-state index contributed by atoms with van der Waals surface area (Å²) in [5.74, 6) is -0.504. The molecule has 0 saturated heterocycles. The van der Waals surface area contributed by atoms with Gasteiger partial charge in [-0.05, 0) is 6.08 Å². The number of nitrogens with zero attached hydrogens (tertiary/aromatic N) is 2. The molecule has 0 aromatic carbocycles. The SMILES string of the molecule is COc1ncc(/C=C/C(N)=O)cn1. The Kier molecular flexibility index (Phi) is 2.97. The summed E-state index contributed by atoms with van der Waals surface area (Å²) in [5, 5.41) is 0. The van der Waals surface area contributed by atoms with Gasteiger partial charge in [0.2, 0.25) is 5.91 Å². The minimum absolute atomic E-state index is 0.288. The third-order valence-electron chi connectivity index (χ3n) is 1.27. The van der Waals surface area contributed by atoms with Crippen molar-refractivity contribution in [2.45, 2.75) is 0 Å². The Balaban J connectivity index is 2.75. The predicted octanol–water partition coefficient (Wildman–Crippen LogP) is -0.0163. The number of carbonyl (C=O) groups excluding carboxylic acids is 1. The van der Waals surface area contributed by atoms with Gasteiger partial charge in [-0.2, -0.15) is 0 Å². The second kappa shape index (κ2) is 4.20. The van der Waals surface area contributed by atoms with E-state index in [0.717, 1.165) is 0 Å². The molecule has 0 radical (unpaired) electrons. The lowest BCUT2D eigenvalue weighted by atomic mass is 10.3. The average Bonchev–Trinajstić information content (AvgIpc) is 2.15. The number of nitrogens with two attached hydrogens (primary N) is 1. The van der Waals surface area contributed by atoms with Gasteiger partial charge in [0.25, 0.3) is 0 Å². The highest BCUT2D eigenvalue weighted by atomic mass is 16.5. The quantitative estimate of drug-likeness (QED) is 0.661. The van der Waals surface area contributed by atoms with E-state index in [1.54, 1.807) is 0 Å². The summed E-state index contributed by atoms with van der Waals surface area (Å²) < 4.78 is 4.76. The van der Waals surface area contributed by atoms with Gasteiger partial charge < -0.3 is 10.5 Å². The van der Waals surface area contributed by atoms with Crippen molar-refractivity contribution in [2.75, 3.05) is 7.11 Å². The molecule has 0 atom stereocenters. The van der Waals surface area contributed by atoms with Gasteiger partial charge in [0.05, 0.1) is 7.11 Å². The van der Waals surface area contributed by atoms with Gasteiger partial charge in [-0.3, -0.25) is 4.79 Å². The first-order valence-corrected chi connectivity index (χ1v) is 3.56. The Morgan fingerprint density at radius 2 is 2.15 bits per heavy atom. The molecular weight excluding hydrogens is 170 g/mol. The van der Waals surface area contributed by atoms with Crippen LogP contribution in [0.3, 0.4) is 0 Å². The number of primary amides is 1. The van der Waals surface area contributed by atoms with Crippen LogP contribution in [0.1, 0.15) is 5.56 Å². The third-order valence-corrected chi connectivity index (χ3v) is 1.27. The maximum Gasteiger partial charge on any atom is 0.316 e. The highest BCUT2D eigenvalue weighted by molar-refractivity contribution is 5.90. The molecule has 0 aliphatic heterocycles. The van der Waals surface area contributed by atoms with E-state index in [4.69, 9.17) is 10.5 Å². The predicted molar refractivity (Wildman–Crippen MR) is 46.8 cm³/mol. The number of aromatic nitrogens is 2. The molecule has 1 heterocycles. The number of hydrogen-bond donors (Lipinski definition) is 1. The van der Waals surface area contributed by atoms with E-state index in [9.17, 15) is 4.79 Å². The van der Waals surface area contributed by atoms with Crippen LogP contribution in [0, 0.1) is 0 Å². The van der Waals surface area contributed by atoms with Gasteiger partial charge in [-0.25, -0.2) is 9.97 Å². The van der Waals surface area contributed by atoms with E-state index in [0.29, 0.717) is 5.56 Å². The van der Waals surface area contributed by atoms with E-state index in [1.165, 1.54) is 31.7 Å². The molecule has 13 heavy (non-hydrogen) atoms. The molecule has 0 spiro atoms. The molecule has 0 bridgehead atoms. The van der Waals surface area contributed by atoms with Crippen molar-refractivity contribution >= 4 is 12.0 Å². The molecule has 1 amide bonds. The number of methoxy groups -OCH3 is 1. The van der Waals surface area contributed by atoms with E-state index in [1.807, 2.05) is 0 Å². The topological polar surface area (TPSA) is 78.1 Å². The van der Waals surface area contributed by atoms with Crippen molar-refractivity contribution in [3.8, 4) is 6.01 Å². The average molecular weight is 179 g/mol. The minimum Gasteiger partial charge on any atom is -0.467 e. The fourth-order valence-corrected chi connectivity index (χ4v) is 0.696. The van der Waals surface area contributed by atoms with Crippen molar-refractivity contribution in [1.82, 2.24) is 9.97 Å². The monoisotopic (exact) mass is 179 g/mol. The second-order valence-electron chi connectivity index (χ2n) is 2.24. The van der Waals surface area contributed by atoms with Gasteiger partial charge in [-0.15, -0.1) is 0 Å². The zero-order valence-corrected chi connectivity index (χ0v) is 7.10. The van der Waals surface area contributed by atoms with Crippen LogP contribution in [0.2, 0.25) is 0 Å². The van der Waals surface area contributed by atoms with E-state index in [2.05, 4.69) is 9.97 Å². The summed E-state index contributed by atoms with van der Waals surface area (Å²) >= 11 is 0. The van der Waals surface area contributed by atoms with Crippen LogP contribution >= 0.6 is 0 Å². The summed E-state index contributed by atoms with van der Waals surface area (Å²) in [5.41, 5.74) is 5.60. The summed E-state index contributed by atoms with van der Waals surface area (Å²) in [6.45, 7) is 0. The molecule has 5 heteroatoms. The summed E-state index contributed by atoms with van der Waals surface area (Å²) in [6.07, 6.45) is 5.84. The number of rotatable bonds is 3. The molecule has 1 rings (SSSR count). The molecule has 0 saturated carbocycles. The van der Waals surface area contributed by atoms with Gasteiger partial charge in [-0.1, -0.05) is 0 Å². The van der Waals surface area contributed by atoms with Gasteiger partial charge in [0.1, 0.15) is 0 Å². The van der Waals surface area contributed by atoms with Crippen LogP contribution in [0.25, 0.3) is 6.08 Å². The fraction of sp³-hybridized carbons (Fsp3) is 0.125. The first kappa shape index (κ1) is 9.18. The Bertz CT molecular complexity index is 319. The van der Waals surface area contributed by atoms with Crippen molar-refractivity contribution in [3.63, 3.8) is 0 Å². The molecular formula is C8H9N3O2. The number of hydrogen-bond acceptors (Lipinski definition) is 4. The Hall–Kier alpha value is -1.91. The van der Waals surface area contributed by atoms with Crippen LogP contribution in [0.4, 0.5) is 0 Å². The first-order chi connectivity index (χ1) is 6.22. The van der Waals surface area contributed by atoms with Crippen LogP contribution in [-0.2, 0) is 4.79 Å². The standard InChI is InChI=1S/C8H9N3O2/c1-13-8-10-4-6(5-11-8)2-3-7(9)12/h2-5H,1H3,(H2,9,12)/b3-2+. The fourth-order valence-electron chi connectivity index (χ4n) is 0.696. The summed E-state index contributed by atoms with van der Waals surface area (Å²) in [6, 6.07) is 0.288. The Morgan fingerprint density at radius 3 is 2.62 bits per heavy atom. The van der Waals surface area contributed by atoms with Crippen LogP contribution in [0.15, 0.2) is 18.5 Å². The Labute approximate surface area is 75.3 Å². The summed E-state index contributed by atoms with van der Waals surface area (Å²) in [4.78, 5) is 18.0. The molecule has 0 aliphatic rings. The van der Waals surface area contributed by atoms with Crippen LogP contribution in [-0.4, -0.2) is 23.0 Å². The van der Waals surface area contributed by atoms with Crippen LogP contribution in [0.5, 0.6) is 6.01 Å². The normalized spacial score (nSPS) is 10.2. The second-order valence-corrected chi connectivity index (χ2v) is 2.24. The van der Waals surface area contributed by atoms with Crippen molar-refractivity contribution in [2.24, 2.45) is 5.73 Å². The van der Waals surface area contributed by atoms with E-state index in [-0.39, 0.29) is 6.01 Å². The molecule has 5 nitrogen and oxygen atoms in total. The molecule has 1 aromatic rings. The van der Waals surface area contributed by atoms with Crippen molar-refractivity contribution < 1.29 is 9.53 Å². The molecule has 0 fully saturated rings. The minimum atomic E-state index is -0.504. The number of amides is 1. The lowest BCUT2D eigenvalue weighted by molar-refractivity contribution is -0.113. The zero-order chi connectivity index (χ0) is 9.68. The number of ether oxygens (including phenoxy) is 1. The van der Waals surface area contributed by atoms with Gasteiger partial charge in [0, 0.05) is 24.0 Å². The summed E-state index contributed by atoms with van der Waals surface area (Å²) in [7, 11) is 1.48. The number of carbonyl (C=O) groups is 1. The molecule has 68 valence electrons. The van der Waals surface area contributed by atoms with Crippen molar-refractivity contribution in [1.29, 1.82) is 0 Å². The maximum atomic E-state index is 10.4. The lowest BCUT2D eigenvalue weighted by Crippen LogP contribution is -2.05. The molecule has 0 unspecified atom stereocenters. The molecule has 2 N–H and O–H groups in total. The highest BCUT2D eigenvalue weighted by Crippen LogP contribution is 2.02. The highest BCUT2D eigenvalue weighted by Gasteiger charge is 1.93. The lowest BCUT2D eigenvalue weighted by Gasteiger charge is -1.95. The first-order valence-electron chi connectivity index (χ1n) is 3.56. The molecule has 0 aliphatic carbocycles. The van der Waals surface area contributed by atoms with Crippen LogP contribution < -0.4 is 10.5 Å². The van der Waals surface area contributed by atoms with E-state index >= 15 is 0 Å².